The highest BCUT2D eigenvalue weighted by atomic mass is 14.0. The Labute approximate surface area is 82.0 Å². The van der Waals surface area contributed by atoms with Gasteiger partial charge in [-0.3, -0.25) is 0 Å². The summed E-state index contributed by atoms with van der Waals surface area (Å²) in [5.74, 6) is 0.806. The smallest absolute Gasteiger partial charge is 0.0276 e. The number of benzene rings is 1. The Morgan fingerprint density at radius 3 is 2.00 bits per heavy atom. The summed E-state index contributed by atoms with van der Waals surface area (Å²) in [5, 5.41) is 0. The van der Waals surface area contributed by atoms with Crippen molar-refractivity contribution in [2.45, 2.75) is 40.5 Å². The molecule has 0 radical (unpaired) electrons. The molecule has 0 heterocycles. The van der Waals surface area contributed by atoms with Crippen LogP contribution < -0.4 is 0 Å². The van der Waals surface area contributed by atoms with E-state index in [0.717, 1.165) is 5.92 Å². The summed E-state index contributed by atoms with van der Waals surface area (Å²) in [4.78, 5) is 0. The zero-order valence-corrected chi connectivity index (χ0v) is 9.22. The Kier molecular flexibility index (Phi) is 3.53. The Hall–Kier alpha value is -0.780. The van der Waals surface area contributed by atoms with Crippen molar-refractivity contribution in [2.75, 3.05) is 0 Å². The first kappa shape index (κ1) is 10.3. The summed E-state index contributed by atoms with van der Waals surface area (Å²) < 4.78 is 0. The second kappa shape index (κ2) is 4.45. The van der Waals surface area contributed by atoms with Gasteiger partial charge in [0.2, 0.25) is 0 Å². The molecular weight excluding hydrogens is 156 g/mol. The fourth-order valence-electron chi connectivity index (χ4n) is 1.67. The van der Waals surface area contributed by atoms with Crippen molar-refractivity contribution in [1.82, 2.24) is 0 Å². The fourth-order valence-corrected chi connectivity index (χ4v) is 1.67. The number of rotatable bonds is 3. The van der Waals surface area contributed by atoms with Crippen molar-refractivity contribution in [2.24, 2.45) is 5.92 Å². The van der Waals surface area contributed by atoms with Crippen LogP contribution in [0.1, 0.15) is 37.0 Å². The van der Waals surface area contributed by atoms with Crippen LogP contribution in [0.25, 0.3) is 0 Å². The van der Waals surface area contributed by atoms with Gasteiger partial charge in [0.25, 0.3) is 0 Å². The lowest BCUT2D eigenvalue weighted by Crippen LogP contribution is -1.93. The molecule has 72 valence electrons. The zero-order chi connectivity index (χ0) is 9.84. The average molecular weight is 176 g/mol. The number of hydrogen-bond donors (Lipinski definition) is 0. The van der Waals surface area contributed by atoms with Gasteiger partial charge in [0.15, 0.2) is 0 Å². The predicted molar refractivity (Wildman–Crippen MR) is 59.1 cm³/mol. The molecule has 13 heavy (non-hydrogen) atoms. The SMILES string of the molecule is Cc1cc(C)cc(CCC(C)C)c1. The standard InChI is InChI=1S/C13H20/c1-10(2)5-6-13-8-11(3)7-12(4)9-13/h7-10H,5-6H2,1-4H3. The first-order valence-corrected chi connectivity index (χ1v) is 5.15. The molecular formula is C13H20. The molecule has 1 aromatic carbocycles. The predicted octanol–water partition coefficient (Wildman–Crippen LogP) is 3.89. The van der Waals surface area contributed by atoms with Gasteiger partial charge in [0, 0.05) is 0 Å². The van der Waals surface area contributed by atoms with Crippen molar-refractivity contribution in [3.63, 3.8) is 0 Å². The molecule has 0 N–H and O–H groups in total. The lowest BCUT2D eigenvalue weighted by Gasteiger charge is -2.06. The molecule has 0 aliphatic carbocycles. The fraction of sp³-hybridized carbons (Fsp3) is 0.538. The van der Waals surface area contributed by atoms with Crippen molar-refractivity contribution in [3.8, 4) is 0 Å². The van der Waals surface area contributed by atoms with Crippen LogP contribution in [-0.4, -0.2) is 0 Å². The van der Waals surface area contributed by atoms with E-state index in [4.69, 9.17) is 0 Å². The van der Waals surface area contributed by atoms with Gasteiger partial charge in [-0.2, -0.15) is 0 Å². The average Bonchev–Trinajstić information content (AvgIpc) is 1.99. The van der Waals surface area contributed by atoms with Gasteiger partial charge in [-0.15, -0.1) is 0 Å². The van der Waals surface area contributed by atoms with E-state index < -0.39 is 0 Å². The highest BCUT2D eigenvalue weighted by Gasteiger charge is 1.98. The van der Waals surface area contributed by atoms with Crippen LogP contribution in [0.3, 0.4) is 0 Å². The van der Waals surface area contributed by atoms with Crippen LogP contribution in [0.4, 0.5) is 0 Å². The summed E-state index contributed by atoms with van der Waals surface area (Å²) >= 11 is 0. The Morgan fingerprint density at radius 2 is 1.54 bits per heavy atom. The maximum absolute atomic E-state index is 2.30. The highest BCUT2D eigenvalue weighted by Crippen LogP contribution is 2.13. The molecule has 1 aromatic rings. The van der Waals surface area contributed by atoms with Gasteiger partial charge >= 0.3 is 0 Å². The van der Waals surface area contributed by atoms with Crippen molar-refractivity contribution in [1.29, 1.82) is 0 Å². The molecule has 0 aliphatic rings. The van der Waals surface area contributed by atoms with Crippen LogP contribution in [-0.2, 0) is 6.42 Å². The van der Waals surface area contributed by atoms with Crippen LogP contribution >= 0.6 is 0 Å². The van der Waals surface area contributed by atoms with Gasteiger partial charge in [0.1, 0.15) is 0 Å². The summed E-state index contributed by atoms with van der Waals surface area (Å²) in [5.41, 5.74) is 4.27. The molecule has 0 unspecified atom stereocenters. The van der Waals surface area contributed by atoms with E-state index in [-0.39, 0.29) is 0 Å². The van der Waals surface area contributed by atoms with E-state index in [1.807, 2.05) is 0 Å². The Morgan fingerprint density at radius 1 is 1.00 bits per heavy atom. The normalized spacial score (nSPS) is 10.8. The molecule has 0 heteroatoms. The molecule has 0 fully saturated rings. The lowest BCUT2D eigenvalue weighted by molar-refractivity contribution is 0.586. The van der Waals surface area contributed by atoms with E-state index in [0.29, 0.717) is 0 Å². The molecule has 0 amide bonds. The van der Waals surface area contributed by atoms with E-state index in [9.17, 15) is 0 Å². The minimum Gasteiger partial charge on any atom is -0.0628 e. The van der Waals surface area contributed by atoms with Crippen molar-refractivity contribution in [3.05, 3.63) is 34.9 Å². The molecule has 0 bridgehead atoms. The molecule has 0 saturated heterocycles. The summed E-state index contributed by atoms with van der Waals surface area (Å²) in [6, 6.07) is 6.84. The van der Waals surface area contributed by atoms with E-state index in [1.165, 1.54) is 29.5 Å². The summed E-state index contributed by atoms with van der Waals surface area (Å²) in [7, 11) is 0. The maximum atomic E-state index is 2.30. The third kappa shape index (κ3) is 3.63. The van der Waals surface area contributed by atoms with E-state index in [2.05, 4.69) is 45.9 Å². The Bertz CT molecular complexity index is 251. The van der Waals surface area contributed by atoms with Crippen LogP contribution in [0.5, 0.6) is 0 Å². The van der Waals surface area contributed by atoms with E-state index >= 15 is 0 Å². The van der Waals surface area contributed by atoms with Gasteiger partial charge in [-0.1, -0.05) is 43.2 Å². The third-order valence-corrected chi connectivity index (χ3v) is 2.29. The highest BCUT2D eigenvalue weighted by molar-refractivity contribution is 5.28. The molecule has 0 aromatic heterocycles. The summed E-state index contributed by atoms with van der Waals surface area (Å²) in [6.45, 7) is 8.91. The molecule has 0 saturated carbocycles. The van der Waals surface area contributed by atoms with Gasteiger partial charge in [-0.25, -0.2) is 0 Å². The second-order valence-corrected chi connectivity index (χ2v) is 4.43. The van der Waals surface area contributed by atoms with Crippen molar-refractivity contribution >= 4 is 0 Å². The molecule has 0 atom stereocenters. The van der Waals surface area contributed by atoms with Gasteiger partial charge < -0.3 is 0 Å². The van der Waals surface area contributed by atoms with Gasteiger partial charge in [-0.05, 0) is 38.2 Å². The molecule has 0 aliphatic heterocycles. The first-order chi connectivity index (χ1) is 6.08. The van der Waals surface area contributed by atoms with Crippen LogP contribution in [0.15, 0.2) is 18.2 Å². The van der Waals surface area contributed by atoms with Crippen LogP contribution in [0.2, 0.25) is 0 Å². The topological polar surface area (TPSA) is 0 Å². The van der Waals surface area contributed by atoms with Gasteiger partial charge in [0.05, 0.1) is 0 Å². The third-order valence-electron chi connectivity index (χ3n) is 2.29. The minimum atomic E-state index is 0.806. The minimum absolute atomic E-state index is 0.806. The number of hydrogen-bond acceptors (Lipinski definition) is 0. The Balaban J connectivity index is 2.66. The number of aryl methyl sites for hydroxylation is 3. The summed E-state index contributed by atoms with van der Waals surface area (Å²) in [6.07, 6.45) is 2.52. The zero-order valence-electron chi connectivity index (χ0n) is 9.22. The first-order valence-electron chi connectivity index (χ1n) is 5.15. The molecule has 0 nitrogen and oxygen atoms in total. The maximum Gasteiger partial charge on any atom is -0.0276 e. The van der Waals surface area contributed by atoms with Crippen LogP contribution in [0, 0.1) is 19.8 Å². The van der Waals surface area contributed by atoms with E-state index in [1.54, 1.807) is 0 Å². The second-order valence-electron chi connectivity index (χ2n) is 4.43. The van der Waals surface area contributed by atoms with Crippen molar-refractivity contribution < 1.29 is 0 Å². The molecule has 1 rings (SSSR count). The quantitative estimate of drug-likeness (QED) is 0.655. The molecule has 0 spiro atoms. The largest absolute Gasteiger partial charge is 0.0628 e. The lowest BCUT2D eigenvalue weighted by atomic mass is 9.99. The monoisotopic (exact) mass is 176 g/mol.